The van der Waals surface area contributed by atoms with E-state index in [-0.39, 0.29) is 6.04 Å². The maximum atomic E-state index is 12.1. The van der Waals surface area contributed by atoms with Gasteiger partial charge >= 0.3 is 14.7 Å². The maximum absolute atomic E-state index is 12.1. The van der Waals surface area contributed by atoms with Gasteiger partial charge in [0.1, 0.15) is 0 Å². The summed E-state index contributed by atoms with van der Waals surface area (Å²) >= 11 is 5.50. The Hall–Kier alpha value is 0.217. The fourth-order valence-corrected chi connectivity index (χ4v) is 4.26. The molecule has 0 aliphatic rings. The molecule has 0 amide bonds. The summed E-state index contributed by atoms with van der Waals surface area (Å²) in [6.07, 6.45) is -4.40. The van der Waals surface area contributed by atoms with Crippen molar-refractivity contribution in [3.8, 4) is 0 Å². The van der Waals surface area contributed by atoms with Gasteiger partial charge in [0.05, 0.1) is 0 Å². The summed E-state index contributed by atoms with van der Waals surface area (Å²) in [6, 6.07) is 0.431. The lowest BCUT2D eigenvalue weighted by atomic mass is 10.5. The largest absolute Gasteiger partial charge is 0.398 e. The molecule has 0 heterocycles. The van der Waals surface area contributed by atoms with Crippen molar-refractivity contribution in [2.45, 2.75) is 31.1 Å². The minimum absolute atomic E-state index is 0.0691. The van der Waals surface area contributed by atoms with E-state index in [1.54, 1.807) is 0 Å². The van der Waals surface area contributed by atoms with E-state index in [4.69, 9.17) is 20.5 Å². The molecule has 7 heteroatoms. The summed E-state index contributed by atoms with van der Waals surface area (Å²) in [7, 11) is 0.128. The Labute approximate surface area is 93.9 Å². The van der Waals surface area contributed by atoms with E-state index in [9.17, 15) is 13.2 Å². The molecule has 0 bridgehead atoms. The van der Waals surface area contributed by atoms with Gasteiger partial charge in [-0.05, 0) is 18.5 Å². The van der Waals surface area contributed by atoms with Crippen molar-refractivity contribution in [1.82, 2.24) is 0 Å². The van der Waals surface area contributed by atoms with E-state index in [1.165, 1.54) is 14.2 Å². The van der Waals surface area contributed by atoms with Crippen LogP contribution < -0.4 is 0 Å². The van der Waals surface area contributed by atoms with Gasteiger partial charge in [0, 0.05) is 26.5 Å². The summed E-state index contributed by atoms with van der Waals surface area (Å²) in [4.78, 5) is 0. The standard InChI is InChI=1S/C8H16ClF3O2Si/c1-13-15(14-2,6-3-5-9)7-4-8(10,11)12/h3-7H2,1-2H3. The van der Waals surface area contributed by atoms with E-state index in [1.807, 2.05) is 0 Å². The Morgan fingerprint density at radius 3 is 2.00 bits per heavy atom. The number of hydrogen-bond acceptors (Lipinski definition) is 2. The zero-order valence-electron chi connectivity index (χ0n) is 8.86. The third-order valence-corrected chi connectivity index (χ3v) is 6.11. The van der Waals surface area contributed by atoms with Gasteiger partial charge in [-0.3, -0.25) is 0 Å². The van der Waals surface area contributed by atoms with Crippen molar-refractivity contribution in [1.29, 1.82) is 0 Å². The van der Waals surface area contributed by atoms with Gasteiger partial charge < -0.3 is 8.85 Å². The first-order valence-corrected chi connectivity index (χ1v) is 7.38. The first kappa shape index (κ1) is 15.2. The van der Waals surface area contributed by atoms with Gasteiger partial charge in [0.15, 0.2) is 0 Å². The molecule has 15 heavy (non-hydrogen) atoms. The number of halogens is 4. The highest BCUT2D eigenvalue weighted by molar-refractivity contribution is 6.67. The molecule has 0 rings (SSSR count). The minimum atomic E-state index is -4.16. The first-order valence-electron chi connectivity index (χ1n) is 4.62. The Bertz CT molecular complexity index is 174. The average molecular weight is 265 g/mol. The van der Waals surface area contributed by atoms with Crippen molar-refractivity contribution in [2.75, 3.05) is 20.1 Å². The molecule has 0 saturated carbocycles. The predicted octanol–water partition coefficient (Wildman–Crippen LogP) is 3.30. The Morgan fingerprint density at radius 1 is 1.13 bits per heavy atom. The smallest absolute Gasteiger partial charge is 0.389 e. The van der Waals surface area contributed by atoms with Crippen molar-refractivity contribution in [3.05, 3.63) is 0 Å². The van der Waals surface area contributed by atoms with Gasteiger partial charge in [0.25, 0.3) is 0 Å². The van der Waals surface area contributed by atoms with Crippen LogP contribution in [0.5, 0.6) is 0 Å². The van der Waals surface area contributed by atoms with E-state index < -0.39 is 21.2 Å². The summed E-state index contributed by atoms with van der Waals surface area (Å²) < 4.78 is 46.5. The van der Waals surface area contributed by atoms with Gasteiger partial charge in [-0.15, -0.1) is 11.6 Å². The highest BCUT2D eigenvalue weighted by atomic mass is 35.5. The van der Waals surface area contributed by atoms with Crippen LogP contribution in [-0.2, 0) is 8.85 Å². The highest BCUT2D eigenvalue weighted by Gasteiger charge is 2.39. The molecule has 0 radical (unpaired) electrons. The Morgan fingerprint density at radius 2 is 1.67 bits per heavy atom. The van der Waals surface area contributed by atoms with Crippen LogP contribution >= 0.6 is 11.6 Å². The van der Waals surface area contributed by atoms with Crippen molar-refractivity contribution in [2.24, 2.45) is 0 Å². The average Bonchev–Trinajstić information content (AvgIpc) is 2.18. The van der Waals surface area contributed by atoms with Crippen LogP contribution in [0.3, 0.4) is 0 Å². The molecule has 0 saturated heterocycles. The van der Waals surface area contributed by atoms with Crippen LogP contribution in [0, 0.1) is 0 Å². The van der Waals surface area contributed by atoms with Gasteiger partial charge in [-0.1, -0.05) is 0 Å². The lowest BCUT2D eigenvalue weighted by Gasteiger charge is -2.27. The van der Waals surface area contributed by atoms with Crippen molar-refractivity contribution in [3.63, 3.8) is 0 Å². The summed E-state index contributed by atoms with van der Waals surface area (Å²) in [5.41, 5.74) is 0. The molecule has 0 fully saturated rings. The molecule has 0 unspecified atom stereocenters. The van der Waals surface area contributed by atoms with E-state index in [0.29, 0.717) is 18.3 Å². The van der Waals surface area contributed by atoms with Gasteiger partial charge in [0.2, 0.25) is 0 Å². The van der Waals surface area contributed by atoms with Crippen molar-refractivity contribution < 1.29 is 22.0 Å². The van der Waals surface area contributed by atoms with E-state index >= 15 is 0 Å². The number of alkyl halides is 4. The SMILES string of the molecule is CO[Si](CCCCl)(CCC(F)(F)F)OC. The molecule has 0 spiro atoms. The second-order valence-electron chi connectivity index (χ2n) is 3.23. The van der Waals surface area contributed by atoms with Gasteiger partial charge in [-0.2, -0.15) is 13.2 Å². The lowest BCUT2D eigenvalue weighted by molar-refractivity contribution is -0.131. The Balaban J connectivity index is 4.23. The summed E-state index contributed by atoms with van der Waals surface area (Å²) in [5.74, 6) is 0.410. The molecular weight excluding hydrogens is 249 g/mol. The third-order valence-electron chi connectivity index (χ3n) is 2.22. The highest BCUT2D eigenvalue weighted by Crippen LogP contribution is 2.29. The summed E-state index contributed by atoms with van der Waals surface area (Å²) in [5, 5.41) is 0. The van der Waals surface area contributed by atoms with Crippen LogP contribution in [0.2, 0.25) is 12.1 Å². The second kappa shape index (κ2) is 6.73. The molecule has 0 aliphatic heterocycles. The summed E-state index contributed by atoms with van der Waals surface area (Å²) in [6.45, 7) is 0. The van der Waals surface area contributed by atoms with Crippen molar-refractivity contribution >= 4 is 20.2 Å². The molecule has 0 aromatic rings. The molecular formula is C8H16ClF3O2Si. The second-order valence-corrected chi connectivity index (χ2v) is 7.24. The third kappa shape index (κ3) is 6.39. The van der Waals surface area contributed by atoms with Crippen LogP contribution in [0.4, 0.5) is 13.2 Å². The normalized spacial score (nSPS) is 13.2. The molecule has 2 nitrogen and oxygen atoms in total. The lowest BCUT2D eigenvalue weighted by Crippen LogP contribution is -2.41. The van der Waals surface area contributed by atoms with Crippen LogP contribution in [0.1, 0.15) is 12.8 Å². The minimum Gasteiger partial charge on any atom is -0.398 e. The van der Waals surface area contributed by atoms with Gasteiger partial charge in [-0.25, -0.2) is 0 Å². The monoisotopic (exact) mass is 264 g/mol. The fourth-order valence-electron chi connectivity index (χ4n) is 1.28. The molecule has 92 valence electrons. The molecule has 0 aromatic carbocycles. The molecule has 0 N–H and O–H groups in total. The predicted molar refractivity (Wildman–Crippen MR) is 55.4 cm³/mol. The topological polar surface area (TPSA) is 18.5 Å². The first-order chi connectivity index (χ1) is 6.89. The number of hydrogen-bond donors (Lipinski definition) is 0. The fraction of sp³-hybridized carbons (Fsp3) is 1.00. The quantitative estimate of drug-likeness (QED) is 0.519. The Kier molecular flexibility index (Phi) is 6.82. The van der Waals surface area contributed by atoms with Crippen LogP contribution in [0.15, 0.2) is 0 Å². The van der Waals surface area contributed by atoms with E-state index in [0.717, 1.165) is 0 Å². The number of rotatable bonds is 7. The zero-order valence-corrected chi connectivity index (χ0v) is 10.6. The van der Waals surface area contributed by atoms with E-state index in [2.05, 4.69) is 0 Å². The molecule has 0 aromatic heterocycles. The molecule has 0 atom stereocenters. The molecule has 0 aliphatic carbocycles. The van der Waals surface area contributed by atoms with Crippen LogP contribution in [0.25, 0.3) is 0 Å². The maximum Gasteiger partial charge on any atom is 0.389 e. The van der Waals surface area contributed by atoms with Crippen LogP contribution in [-0.4, -0.2) is 34.8 Å². The zero-order chi connectivity index (χ0) is 11.9.